The van der Waals surface area contributed by atoms with Crippen LogP contribution < -0.4 is 10.2 Å². The highest BCUT2D eigenvalue weighted by molar-refractivity contribution is 7.09. The molecule has 0 saturated heterocycles. The van der Waals surface area contributed by atoms with E-state index < -0.39 is 0 Å². The van der Waals surface area contributed by atoms with E-state index >= 15 is 0 Å². The Labute approximate surface area is 136 Å². The minimum Gasteiger partial charge on any atom is -0.359 e. The molecule has 0 saturated carbocycles. The fourth-order valence-electron chi connectivity index (χ4n) is 1.97. The molecule has 2 aromatic heterocycles. The van der Waals surface area contributed by atoms with Gasteiger partial charge in [0.25, 0.3) is 0 Å². The van der Waals surface area contributed by atoms with Crippen molar-refractivity contribution in [2.24, 2.45) is 0 Å². The van der Waals surface area contributed by atoms with Crippen molar-refractivity contribution in [2.75, 3.05) is 18.5 Å². The number of anilines is 1. The van der Waals surface area contributed by atoms with Crippen LogP contribution in [0.4, 0.5) is 5.82 Å². The smallest absolute Gasteiger partial charge is 0.128 e. The zero-order chi connectivity index (χ0) is 15.2. The third-order valence-electron chi connectivity index (χ3n) is 3.29. The number of nitrogens with zero attached hydrogens (tertiary/aromatic N) is 2. The van der Waals surface area contributed by atoms with Crippen molar-refractivity contribution in [3.05, 3.63) is 45.2 Å². The average Bonchev–Trinajstić information content (AvgIpc) is 2.97. The largest absolute Gasteiger partial charge is 0.359 e. The predicted molar refractivity (Wildman–Crippen MR) is 92.5 cm³/mol. The molecule has 21 heavy (non-hydrogen) atoms. The first-order chi connectivity index (χ1) is 10.1. The Bertz CT molecular complexity index is 555. The van der Waals surface area contributed by atoms with Gasteiger partial charge in [-0.15, -0.1) is 11.3 Å². The number of pyridine rings is 1. The van der Waals surface area contributed by atoms with E-state index in [1.807, 2.05) is 0 Å². The molecule has 5 heteroatoms. The van der Waals surface area contributed by atoms with Crippen molar-refractivity contribution < 1.29 is 0 Å². The standard InChI is InChI=1S/C16H22ClN3S/c1-12(2)18-10-13-9-16(19-11-15(13)17)20(3)7-6-14-5-4-8-21-14/h4-5,8-9,11-12,18H,6-7,10H2,1-3H3. The van der Waals surface area contributed by atoms with Crippen molar-refractivity contribution in [3.8, 4) is 0 Å². The van der Waals surface area contributed by atoms with Gasteiger partial charge in [0.15, 0.2) is 0 Å². The second-order valence-electron chi connectivity index (χ2n) is 5.42. The molecule has 0 radical (unpaired) electrons. The molecular weight excluding hydrogens is 302 g/mol. The molecule has 0 fully saturated rings. The molecule has 0 atom stereocenters. The second-order valence-corrected chi connectivity index (χ2v) is 6.86. The lowest BCUT2D eigenvalue weighted by Crippen LogP contribution is -2.24. The van der Waals surface area contributed by atoms with Crippen LogP contribution in [0.5, 0.6) is 0 Å². The van der Waals surface area contributed by atoms with Gasteiger partial charge in [-0.05, 0) is 29.5 Å². The molecule has 3 nitrogen and oxygen atoms in total. The maximum atomic E-state index is 6.22. The van der Waals surface area contributed by atoms with Crippen molar-refractivity contribution in [2.45, 2.75) is 32.9 Å². The van der Waals surface area contributed by atoms with Gasteiger partial charge in [-0.1, -0.05) is 31.5 Å². The van der Waals surface area contributed by atoms with Crippen LogP contribution >= 0.6 is 22.9 Å². The molecule has 0 aromatic carbocycles. The Morgan fingerprint density at radius 1 is 1.43 bits per heavy atom. The normalized spacial score (nSPS) is 11.1. The number of halogens is 1. The summed E-state index contributed by atoms with van der Waals surface area (Å²) in [6, 6.07) is 6.78. The van der Waals surface area contributed by atoms with Crippen molar-refractivity contribution in [1.82, 2.24) is 10.3 Å². The van der Waals surface area contributed by atoms with Crippen LogP contribution in [0.25, 0.3) is 0 Å². The minimum atomic E-state index is 0.439. The Morgan fingerprint density at radius 3 is 2.90 bits per heavy atom. The molecule has 114 valence electrons. The quantitative estimate of drug-likeness (QED) is 0.835. The van der Waals surface area contributed by atoms with E-state index in [-0.39, 0.29) is 0 Å². The number of hydrogen-bond acceptors (Lipinski definition) is 4. The Kier molecular flexibility index (Phi) is 6.03. The highest BCUT2D eigenvalue weighted by Crippen LogP contribution is 2.20. The van der Waals surface area contributed by atoms with Crippen LogP contribution in [0.15, 0.2) is 29.8 Å². The molecule has 0 aliphatic rings. The SMILES string of the molecule is CC(C)NCc1cc(N(C)CCc2cccs2)ncc1Cl. The van der Waals surface area contributed by atoms with Crippen LogP contribution in [0.2, 0.25) is 5.02 Å². The maximum absolute atomic E-state index is 6.22. The van der Waals surface area contributed by atoms with E-state index in [1.54, 1.807) is 17.5 Å². The summed E-state index contributed by atoms with van der Waals surface area (Å²) in [6.45, 7) is 5.98. The van der Waals surface area contributed by atoms with Crippen LogP contribution in [-0.4, -0.2) is 24.6 Å². The van der Waals surface area contributed by atoms with E-state index in [0.717, 1.165) is 35.9 Å². The van der Waals surface area contributed by atoms with Gasteiger partial charge in [0.05, 0.1) is 5.02 Å². The number of hydrogen-bond donors (Lipinski definition) is 1. The molecule has 0 aliphatic heterocycles. The van der Waals surface area contributed by atoms with E-state index in [9.17, 15) is 0 Å². The van der Waals surface area contributed by atoms with Gasteiger partial charge in [-0.25, -0.2) is 4.98 Å². The summed E-state index contributed by atoms with van der Waals surface area (Å²) in [7, 11) is 2.07. The summed E-state index contributed by atoms with van der Waals surface area (Å²) in [5, 5.41) is 6.23. The van der Waals surface area contributed by atoms with Crippen molar-refractivity contribution in [3.63, 3.8) is 0 Å². The van der Waals surface area contributed by atoms with Crippen LogP contribution in [0.3, 0.4) is 0 Å². The number of nitrogens with one attached hydrogen (secondary N) is 1. The summed E-state index contributed by atoms with van der Waals surface area (Å²) in [6.07, 6.45) is 2.79. The van der Waals surface area contributed by atoms with Gasteiger partial charge < -0.3 is 10.2 Å². The number of rotatable bonds is 7. The first-order valence-electron chi connectivity index (χ1n) is 7.17. The highest BCUT2D eigenvalue weighted by atomic mass is 35.5. The molecule has 2 heterocycles. The molecular formula is C16H22ClN3S. The van der Waals surface area contributed by atoms with Gasteiger partial charge in [-0.2, -0.15) is 0 Å². The van der Waals surface area contributed by atoms with Crippen LogP contribution in [-0.2, 0) is 13.0 Å². The van der Waals surface area contributed by atoms with E-state index in [2.05, 4.69) is 59.7 Å². The first kappa shape index (κ1) is 16.3. The van der Waals surface area contributed by atoms with Gasteiger partial charge in [0.2, 0.25) is 0 Å². The third-order valence-corrected chi connectivity index (χ3v) is 4.56. The third kappa shape index (κ3) is 4.99. The molecule has 0 bridgehead atoms. The van der Waals surface area contributed by atoms with Crippen molar-refractivity contribution in [1.29, 1.82) is 0 Å². The van der Waals surface area contributed by atoms with Crippen LogP contribution in [0.1, 0.15) is 24.3 Å². The van der Waals surface area contributed by atoms with E-state index in [0.29, 0.717) is 6.04 Å². The van der Waals surface area contributed by atoms with Gasteiger partial charge in [0, 0.05) is 37.3 Å². The number of thiophene rings is 1. The predicted octanol–water partition coefficient (Wildman–Crippen LogP) is 3.97. The molecule has 0 aliphatic carbocycles. The molecule has 0 unspecified atom stereocenters. The Morgan fingerprint density at radius 2 is 2.24 bits per heavy atom. The zero-order valence-electron chi connectivity index (χ0n) is 12.8. The summed E-state index contributed by atoms with van der Waals surface area (Å²) >= 11 is 8.02. The van der Waals surface area contributed by atoms with Gasteiger partial charge >= 0.3 is 0 Å². The summed E-state index contributed by atoms with van der Waals surface area (Å²) in [5.74, 6) is 0.969. The number of likely N-dealkylation sites (N-methyl/N-ethyl adjacent to an activating group) is 1. The first-order valence-corrected chi connectivity index (χ1v) is 8.43. The second kappa shape index (κ2) is 7.78. The van der Waals surface area contributed by atoms with Crippen LogP contribution in [0, 0.1) is 0 Å². The van der Waals surface area contributed by atoms with Crippen molar-refractivity contribution >= 4 is 28.8 Å². The lowest BCUT2D eigenvalue weighted by atomic mass is 10.2. The molecule has 0 spiro atoms. The monoisotopic (exact) mass is 323 g/mol. The zero-order valence-corrected chi connectivity index (χ0v) is 14.3. The maximum Gasteiger partial charge on any atom is 0.128 e. The minimum absolute atomic E-state index is 0.439. The lowest BCUT2D eigenvalue weighted by Gasteiger charge is -2.19. The topological polar surface area (TPSA) is 28.2 Å². The highest BCUT2D eigenvalue weighted by Gasteiger charge is 2.08. The summed E-state index contributed by atoms with van der Waals surface area (Å²) < 4.78 is 0. The Balaban J connectivity index is 1.99. The van der Waals surface area contributed by atoms with E-state index in [1.165, 1.54) is 4.88 Å². The summed E-state index contributed by atoms with van der Waals surface area (Å²) in [4.78, 5) is 8.01. The summed E-state index contributed by atoms with van der Waals surface area (Å²) in [5.41, 5.74) is 1.10. The average molecular weight is 324 g/mol. The van der Waals surface area contributed by atoms with Gasteiger partial charge in [-0.3, -0.25) is 0 Å². The molecule has 0 amide bonds. The number of aromatic nitrogens is 1. The molecule has 2 rings (SSSR count). The Hall–Kier alpha value is -1.10. The van der Waals surface area contributed by atoms with E-state index in [4.69, 9.17) is 11.6 Å². The lowest BCUT2D eigenvalue weighted by molar-refractivity contribution is 0.588. The fourth-order valence-corrected chi connectivity index (χ4v) is 2.84. The molecule has 1 N–H and O–H groups in total. The fraction of sp³-hybridized carbons (Fsp3) is 0.438. The van der Waals surface area contributed by atoms with Gasteiger partial charge in [0.1, 0.15) is 5.82 Å². The molecule has 2 aromatic rings.